The van der Waals surface area contributed by atoms with Crippen molar-refractivity contribution in [3.05, 3.63) is 89.2 Å². The van der Waals surface area contributed by atoms with E-state index >= 15 is 0 Å². The summed E-state index contributed by atoms with van der Waals surface area (Å²) in [4.78, 5) is 24.5. The van der Waals surface area contributed by atoms with Crippen LogP contribution in [0.2, 0.25) is 0 Å². The Morgan fingerprint density at radius 3 is 2.67 bits per heavy atom. The Morgan fingerprint density at radius 2 is 1.90 bits per heavy atom. The van der Waals surface area contributed by atoms with Gasteiger partial charge in [0.2, 0.25) is 5.91 Å². The number of amides is 1. The highest BCUT2D eigenvalue weighted by atomic mass is 19.1. The number of halogens is 1. The molecule has 1 heterocycles. The first-order valence-electron chi connectivity index (χ1n) is 9.39. The fourth-order valence-electron chi connectivity index (χ4n) is 3.52. The Balaban J connectivity index is 1.46. The molecule has 6 heteroatoms. The van der Waals surface area contributed by atoms with Crippen LogP contribution in [0.1, 0.15) is 29.0 Å². The van der Waals surface area contributed by atoms with Crippen LogP contribution in [-0.4, -0.2) is 11.9 Å². The summed E-state index contributed by atoms with van der Waals surface area (Å²) in [6.45, 7) is 0.0493. The van der Waals surface area contributed by atoms with Gasteiger partial charge in [-0.3, -0.25) is 9.59 Å². The van der Waals surface area contributed by atoms with Gasteiger partial charge in [-0.15, -0.1) is 0 Å². The lowest BCUT2D eigenvalue weighted by Crippen LogP contribution is -2.28. The molecule has 0 aromatic heterocycles. The van der Waals surface area contributed by atoms with Crippen LogP contribution in [0.5, 0.6) is 0 Å². The maximum atomic E-state index is 13.4. The van der Waals surface area contributed by atoms with E-state index in [1.165, 1.54) is 18.2 Å². The van der Waals surface area contributed by atoms with Crippen molar-refractivity contribution in [2.45, 2.75) is 18.9 Å². The van der Waals surface area contributed by atoms with E-state index in [4.69, 9.17) is 4.74 Å². The van der Waals surface area contributed by atoms with Gasteiger partial charge in [-0.1, -0.05) is 48.5 Å². The second-order valence-electron chi connectivity index (χ2n) is 7.00. The Hall–Kier alpha value is -3.98. The maximum absolute atomic E-state index is 13.4. The summed E-state index contributed by atoms with van der Waals surface area (Å²) < 4.78 is 18.9. The maximum Gasteiger partial charge on any atom is 0.314 e. The van der Waals surface area contributed by atoms with Crippen LogP contribution in [0.3, 0.4) is 0 Å². The van der Waals surface area contributed by atoms with Crippen LogP contribution in [0.25, 0.3) is 11.1 Å². The van der Waals surface area contributed by atoms with Crippen LogP contribution in [0.4, 0.5) is 10.1 Å². The fraction of sp³-hybridized carbons (Fsp3) is 0.125. The summed E-state index contributed by atoms with van der Waals surface area (Å²) in [6.07, 6.45) is -0.0403. The number of nitrogens with one attached hydrogen (secondary N) is 1. The molecule has 3 aromatic rings. The van der Waals surface area contributed by atoms with Crippen molar-refractivity contribution in [1.29, 1.82) is 5.26 Å². The van der Waals surface area contributed by atoms with E-state index in [9.17, 15) is 19.2 Å². The minimum Gasteiger partial charge on any atom is -0.460 e. The van der Waals surface area contributed by atoms with Crippen LogP contribution in [0, 0.1) is 17.1 Å². The number of hydrogen-bond donors (Lipinski definition) is 1. The van der Waals surface area contributed by atoms with Crippen molar-refractivity contribution in [3.8, 4) is 17.2 Å². The number of nitrogens with zero attached hydrogens (tertiary/aromatic N) is 1. The molecule has 0 saturated carbocycles. The molecule has 30 heavy (non-hydrogen) atoms. The Morgan fingerprint density at radius 1 is 1.13 bits per heavy atom. The van der Waals surface area contributed by atoms with Gasteiger partial charge in [-0.25, -0.2) is 4.39 Å². The van der Waals surface area contributed by atoms with Gasteiger partial charge in [-0.05, 0) is 40.5 Å². The molecule has 0 radical (unpaired) electrons. The third kappa shape index (κ3) is 3.91. The summed E-state index contributed by atoms with van der Waals surface area (Å²) in [7, 11) is 0. The topological polar surface area (TPSA) is 79.2 Å². The number of nitriles is 1. The second-order valence-corrected chi connectivity index (χ2v) is 7.00. The Labute approximate surface area is 172 Å². The van der Waals surface area contributed by atoms with Gasteiger partial charge in [0.1, 0.15) is 12.4 Å². The monoisotopic (exact) mass is 400 g/mol. The molecule has 1 N–H and O–H groups in total. The van der Waals surface area contributed by atoms with Crippen LogP contribution < -0.4 is 5.32 Å². The minimum absolute atomic E-state index is 0.0403. The third-order valence-electron chi connectivity index (χ3n) is 5.03. The first-order valence-corrected chi connectivity index (χ1v) is 9.39. The first kappa shape index (κ1) is 19.3. The second kappa shape index (κ2) is 8.18. The van der Waals surface area contributed by atoms with Crippen molar-refractivity contribution in [2.75, 3.05) is 5.32 Å². The van der Waals surface area contributed by atoms with Crippen LogP contribution in [-0.2, 0) is 20.9 Å². The third-order valence-corrected chi connectivity index (χ3v) is 5.03. The van der Waals surface area contributed by atoms with Crippen molar-refractivity contribution in [2.24, 2.45) is 0 Å². The number of esters is 1. The molecule has 1 unspecified atom stereocenters. The van der Waals surface area contributed by atoms with Crippen molar-refractivity contribution >= 4 is 17.6 Å². The van der Waals surface area contributed by atoms with Crippen LogP contribution in [0.15, 0.2) is 66.7 Å². The average Bonchev–Trinajstić information content (AvgIpc) is 2.77. The number of carbonyl (C=O) groups excluding carboxylic acids is 2. The van der Waals surface area contributed by atoms with Gasteiger partial charge in [0.15, 0.2) is 0 Å². The van der Waals surface area contributed by atoms with Gasteiger partial charge in [-0.2, -0.15) is 5.26 Å². The molecule has 1 aliphatic heterocycles. The number of rotatable bonds is 4. The number of fused-ring (bicyclic) bond motifs is 1. The molecule has 148 valence electrons. The van der Waals surface area contributed by atoms with E-state index in [0.717, 1.165) is 16.7 Å². The zero-order valence-electron chi connectivity index (χ0n) is 15.9. The lowest BCUT2D eigenvalue weighted by molar-refractivity contribution is -0.148. The standard InChI is InChI=1S/C24H17FN2O3/c25-18-9-10-20-21(12-23(28)27-22(20)11-18)24(29)30-14-15-5-7-16(8-6-15)19-4-2-1-3-17(19)13-26/h1-11,21H,12,14H2,(H,27,28). The quantitative estimate of drug-likeness (QED) is 0.653. The van der Waals surface area contributed by atoms with Crippen molar-refractivity contribution < 1.29 is 18.7 Å². The van der Waals surface area contributed by atoms with Gasteiger partial charge >= 0.3 is 5.97 Å². The zero-order valence-corrected chi connectivity index (χ0v) is 15.9. The van der Waals surface area contributed by atoms with Gasteiger partial charge in [0.25, 0.3) is 0 Å². The summed E-state index contributed by atoms with van der Waals surface area (Å²) in [5.41, 5.74) is 3.93. The summed E-state index contributed by atoms with van der Waals surface area (Å²) in [5.74, 6) is -2.13. The van der Waals surface area contributed by atoms with E-state index in [1.54, 1.807) is 6.07 Å². The molecular formula is C24H17FN2O3. The number of benzene rings is 3. The zero-order chi connectivity index (χ0) is 21.1. The SMILES string of the molecule is N#Cc1ccccc1-c1ccc(COC(=O)C2CC(=O)Nc3cc(F)ccc32)cc1. The molecule has 4 rings (SSSR count). The summed E-state index contributed by atoms with van der Waals surface area (Å²) >= 11 is 0. The van der Waals surface area contributed by atoms with E-state index < -0.39 is 17.7 Å². The largest absolute Gasteiger partial charge is 0.460 e. The number of carbonyl (C=O) groups is 2. The minimum atomic E-state index is -0.767. The normalized spacial score (nSPS) is 14.9. The van der Waals surface area contributed by atoms with Crippen molar-refractivity contribution in [3.63, 3.8) is 0 Å². The van der Waals surface area contributed by atoms with Gasteiger partial charge in [0, 0.05) is 12.1 Å². The number of hydrogen-bond acceptors (Lipinski definition) is 4. The molecule has 3 aromatic carbocycles. The lowest BCUT2D eigenvalue weighted by Gasteiger charge is -2.24. The molecule has 0 spiro atoms. The van der Waals surface area contributed by atoms with Gasteiger partial charge in [0.05, 0.1) is 17.6 Å². The molecule has 1 aliphatic rings. The van der Waals surface area contributed by atoms with E-state index in [0.29, 0.717) is 16.8 Å². The summed E-state index contributed by atoms with van der Waals surface area (Å²) in [6, 6.07) is 20.8. The lowest BCUT2D eigenvalue weighted by atomic mass is 9.90. The molecule has 1 atom stereocenters. The number of anilines is 1. The van der Waals surface area contributed by atoms with E-state index in [-0.39, 0.29) is 18.9 Å². The van der Waals surface area contributed by atoms with Crippen LogP contribution >= 0.6 is 0 Å². The average molecular weight is 400 g/mol. The van der Waals surface area contributed by atoms with E-state index in [1.807, 2.05) is 42.5 Å². The molecule has 0 fully saturated rings. The predicted octanol–water partition coefficient (Wildman–Crippen LogP) is 4.53. The smallest absolute Gasteiger partial charge is 0.314 e. The first-order chi connectivity index (χ1) is 14.5. The Bertz CT molecular complexity index is 1170. The molecule has 0 bridgehead atoms. The molecular weight excluding hydrogens is 383 g/mol. The van der Waals surface area contributed by atoms with Crippen molar-refractivity contribution in [1.82, 2.24) is 0 Å². The molecule has 0 saturated heterocycles. The Kier molecular flexibility index (Phi) is 5.27. The highest BCUT2D eigenvalue weighted by Crippen LogP contribution is 2.34. The number of ether oxygens (including phenoxy) is 1. The highest BCUT2D eigenvalue weighted by Gasteiger charge is 2.32. The molecule has 0 aliphatic carbocycles. The highest BCUT2D eigenvalue weighted by molar-refractivity contribution is 6.00. The molecule has 5 nitrogen and oxygen atoms in total. The fourth-order valence-corrected chi connectivity index (χ4v) is 3.52. The molecule has 1 amide bonds. The predicted molar refractivity (Wildman–Crippen MR) is 109 cm³/mol. The van der Waals surface area contributed by atoms with E-state index in [2.05, 4.69) is 11.4 Å². The summed E-state index contributed by atoms with van der Waals surface area (Å²) in [5, 5.41) is 11.8. The van der Waals surface area contributed by atoms with Gasteiger partial charge < -0.3 is 10.1 Å².